The first kappa shape index (κ1) is 20.9. The van der Waals surface area contributed by atoms with E-state index in [-0.39, 0.29) is 0 Å². The van der Waals surface area contributed by atoms with E-state index in [1.807, 2.05) is 30.5 Å². The van der Waals surface area contributed by atoms with Crippen LogP contribution in [0.2, 0.25) is 5.02 Å². The Morgan fingerprint density at radius 1 is 1.06 bits per heavy atom. The standard InChI is InChI=1S/C24H28ClN5S/c1-30-13-10-16(11-14-30)23-29-21(17-5-4-6-18(25)15-17)22(31-23)20-9-12-26-24(28-20)27-19-7-2-3-8-19/h4-6,9,12,15-16,19H,2-3,7-8,10-11,13-14H2,1H3,(H,26,27,28). The zero-order valence-electron chi connectivity index (χ0n) is 17.9. The number of piperidine rings is 1. The molecule has 2 aliphatic rings. The van der Waals surface area contributed by atoms with Crippen molar-refractivity contribution >= 4 is 28.9 Å². The fourth-order valence-electron chi connectivity index (χ4n) is 4.58. The second-order valence-corrected chi connectivity index (χ2v) is 10.2. The summed E-state index contributed by atoms with van der Waals surface area (Å²) in [6.07, 6.45) is 9.12. The van der Waals surface area contributed by atoms with Gasteiger partial charge in [-0.15, -0.1) is 11.3 Å². The molecule has 5 nitrogen and oxygen atoms in total. The van der Waals surface area contributed by atoms with E-state index in [0.717, 1.165) is 58.7 Å². The Labute approximate surface area is 192 Å². The summed E-state index contributed by atoms with van der Waals surface area (Å²) in [6.45, 7) is 2.24. The van der Waals surface area contributed by atoms with Gasteiger partial charge in [-0.3, -0.25) is 0 Å². The van der Waals surface area contributed by atoms with Gasteiger partial charge in [0.25, 0.3) is 0 Å². The molecule has 0 unspecified atom stereocenters. The van der Waals surface area contributed by atoms with Crippen LogP contribution in [-0.4, -0.2) is 46.0 Å². The topological polar surface area (TPSA) is 53.9 Å². The first-order valence-electron chi connectivity index (χ1n) is 11.2. The number of nitrogens with one attached hydrogen (secondary N) is 1. The quantitative estimate of drug-likeness (QED) is 0.507. The highest BCUT2D eigenvalue weighted by Gasteiger charge is 2.25. The fraction of sp³-hybridized carbons (Fsp3) is 0.458. The molecule has 1 aliphatic carbocycles. The van der Waals surface area contributed by atoms with E-state index < -0.39 is 0 Å². The maximum absolute atomic E-state index is 6.32. The van der Waals surface area contributed by atoms with E-state index >= 15 is 0 Å². The van der Waals surface area contributed by atoms with Crippen LogP contribution in [0.4, 0.5) is 5.95 Å². The third-order valence-electron chi connectivity index (χ3n) is 6.39. The molecular formula is C24H28ClN5S. The number of benzene rings is 1. The second kappa shape index (κ2) is 9.23. The molecule has 0 amide bonds. The van der Waals surface area contributed by atoms with E-state index in [9.17, 15) is 0 Å². The lowest BCUT2D eigenvalue weighted by Crippen LogP contribution is -2.29. The van der Waals surface area contributed by atoms with Crippen LogP contribution in [0.1, 0.15) is 49.5 Å². The van der Waals surface area contributed by atoms with Crippen LogP contribution < -0.4 is 5.32 Å². The van der Waals surface area contributed by atoms with Gasteiger partial charge in [0.2, 0.25) is 5.95 Å². The molecule has 162 valence electrons. The van der Waals surface area contributed by atoms with Crippen LogP contribution >= 0.6 is 22.9 Å². The number of halogens is 1. The van der Waals surface area contributed by atoms with E-state index in [2.05, 4.69) is 28.3 Å². The predicted molar refractivity (Wildman–Crippen MR) is 129 cm³/mol. The molecule has 3 heterocycles. The number of nitrogens with zero attached hydrogens (tertiary/aromatic N) is 4. The summed E-state index contributed by atoms with van der Waals surface area (Å²) in [5, 5.41) is 5.47. The predicted octanol–water partition coefficient (Wildman–Crippen LogP) is 6.08. The van der Waals surface area contributed by atoms with Crippen molar-refractivity contribution < 1.29 is 0 Å². The zero-order chi connectivity index (χ0) is 21.2. The SMILES string of the molecule is CN1CCC(c2nc(-c3cccc(Cl)c3)c(-c3ccnc(NC4CCCC4)n3)s2)CC1. The van der Waals surface area contributed by atoms with Crippen molar-refractivity contribution in [3.05, 3.63) is 46.6 Å². The van der Waals surface area contributed by atoms with Crippen molar-refractivity contribution in [2.24, 2.45) is 0 Å². The van der Waals surface area contributed by atoms with Crippen molar-refractivity contribution in [3.63, 3.8) is 0 Å². The molecule has 0 radical (unpaired) electrons. The average molecular weight is 454 g/mol. The van der Waals surface area contributed by atoms with Gasteiger partial charge in [0.1, 0.15) is 0 Å². The zero-order valence-corrected chi connectivity index (χ0v) is 19.4. The fourth-order valence-corrected chi connectivity index (χ4v) is 6.00. The van der Waals surface area contributed by atoms with Crippen LogP contribution in [0.3, 0.4) is 0 Å². The molecule has 2 aromatic heterocycles. The molecule has 3 aromatic rings. The molecule has 31 heavy (non-hydrogen) atoms. The summed E-state index contributed by atoms with van der Waals surface area (Å²) in [4.78, 5) is 18.0. The number of hydrogen-bond acceptors (Lipinski definition) is 6. The van der Waals surface area contributed by atoms with E-state index in [0.29, 0.717) is 12.0 Å². The first-order chi connectivity index (χ1) is 15.2. The van der Waals surface area contributed by atoms with Crippen molar-refractivity contribution in [1.82, 2.24) is 19.9 Å². The minimum Gasteiger partial charge on any atom is -0.351 e. The molecule has 7 heteroatoms. The van der Waals surface area contributed by atoms with Gasteiger partial charge in [-0.05, 0) is 64.0 Å². The molecule has 0 spiro atoms. The molecule has 5 rings (SSSR count). The maximum Gasteiger partial charge on any atom is 0.223 e. The second-order valence-electron chi connectivity index (χ2n) is 8.71. The third kappa shape index (κ3) is 4.76. The summed E-state index contributed by atoms with van der Waals surface area (Å²) in [5.74, 6) is 1.22. The summed E-state index contributed by atoms with van der Waals surface area (Å²) in [5.41, 5.74) is 2.95. The first-order valence-corrected chi connectivity index (χ1v) is 12.4. The Morgan fingerprint density at radius 3 is 2.65 bits per heavy atom. The Bertz CT molecular complexity index is 1040. The lowest BCUT2D eigenvalue weighted by molar-refractivity contribution is 0.255. The average Bonchev–Trinajstić information content (AvgIpc) is 3.45. The Balaban J connectivity index is 1.52. The van der Waals surface area contributed by atoms with Crippen LogP contribution in [0.15, 0.2) is 36.5 Å². The summed E-state index contributed by atoms with van der Waals surface area (Å²) in [6, 6.07) is 10.5. The Morgan fingerprint density at radius 2 is 1.87 bits per heavy atom. The molecular weight excluding hydrogens is 426 g/mol. The molecule has 1 saturated carbocycles. The van der Waals surface area contributed by atoms with Crippen molar-refractivity contribution in [3.8, 4) is 21.8 Å². The Hall–Kier alpha value is -2.02. The maximum atomic E-state index is 6.32. The largest absolute Gasteiger partial charge is 0.351 e. The number of likely N-dealkylation sites (tertiary alicyclic amines) is 1. The summed E-state index contributed by atoms with van der Waals surface area (Å²) >= 11 is 8.10. The van der Waals surface area contributed by atoms with Crippen LogP contribution in [0.5, 0.6) is 0 Å². The smallest absolute Gasteiger partial charge is 0.223 e. The third-order valence-corrected chi connectivity index (χ3v) is 7.86. The monoisotopic (exact) mass is 453 g/mol. The minimum atomic E-state index is 0.485. The summed E-state index contributed by atoms with van der Waals surface area (Å²) in [7, 11) is 2.20. The lowest BCUT2D eigenvalue weighted by Gasteiger charge is -2.27. The highest BCUT2D eigenvalue weighted by atomic mass is 35.5. The van der Waals surface area contributed by atoms with Gasteiger partial charge in [-0.25, -0.2) is 15.0 Å². The van der Waals surface area contributed by atoms with Crippen LogP contribution in [-0.2, 0) is 0 Å². The number of anilines is 1. The number of aromatic nitrogens is 3. The highest BCUT2D eigenvalue weighted by Crippen LogP contribution is 2.41. The van der Waals surface area contributed by atoms with Gasteiger partial charge >= 0.3 is 0 Å². The normalized spacial score (nSPS) is 18.5. The van der Waals surface area contributed by atoms with Crippen molar-refractivity contribution in [2.45, 2.75) is 50.5 Å². The molecule has 1 aliphatic heterocycles. The van der Waals surface area contributed by atoms with E-state index in [4.69, 9.17) is 21.6 Å². The molecule has 2 fully saturated rings. The molecule has 1 saturated heterocycles. The lowest BCUT2D eigenvalue weighted by atomic mass is 9.98. The number of hydrogen-bond donors (Lipinski definition) is 1. The molecule has 1 N–H and O–H groups in total. The molecule has 0 atom stereocenters. The molecule has 1 aromatic carbocycles. The van der Waals surface area contributed by atoms with Crippen molar-refractivity contribution in [1.29, 1.82) is 0 Å². The Kier molecular flexibility index (Phi) is 6.21. The van der Waals surface area contributed by atoms with Gasteiger partial charge in [0, 0.05) is 28.7 Å². The van der Waals surface area contributed by atoms with Gasteiger partial charge in [-0.2, -0.15) is 0 Å². The minimum absolute atomic E-state index is 0.485. The van der Waals surface area contributed by atoms with Crippen LogP contribution in [0.25, 0.3) is 21.8 Å². The van der Waals surface area contributed by atoms with Gasteiger partial charge in [0.15, 0.2) is 0 Å². The van der Waals surface area contributed by atoms with E-state index in [1.54, 1.807) is 11.3 Å². The van der Waals surface area contributed by atoms with Gasteiger partial charge in [0.05, 0.1) is 21.3 Å². The molecule has 0 bridgehead atoms. The van der Waals surface area contributed by atoms with Crippen LogP contribution in [0, 0.1) is 0 Å². The highest BCUT2D eigenvalue weighted by molar-refractivity contribution is 7.15. The number of thiazole rings is 1. The van der Waals surface area contributed by atoms with E-state index in [1.165, 1.54) is 30.7 Å². The van der Waals surface area contributed by atoms with Gasteiger partial charge in [-0.1, -0.05) is 36.6 Å². The summed E-state index contributed by atoms with van der Waals surface area (Å²) < 4.78 is 0. The van der Waals surface area contributed by atoms with Gasteiger partial charge < -0.3 is 10.2 Å². The number of rotatable bonds is 5. The van der Waals surface area contributed by atoms with Crippen molar-refractivity contribution in [2.75, 3.05) is 25.5 Å².